The predicted molar refractivity (Wildman–Crippen MR) is 98.9 cm³/mol. The van der Waals surface area contributed by atoms with E-state index >= 15 is 0 Å². The van der Waals surface area contributed by atoms with Gasteiger partial charge in [-0.05, 0) is 43.6 Å². The number of rotatable bonds is 3. The van der Waals surface area contributed by atoms with Crippen LogP contribution in [-0.2, 0) is 0 Å². The molecule has 1 N–H and O–H groups in total. The molecule has 152 valence electrons. The lowest BCUT2D eigenvalue weighted by molar-refractivity contribution is -0.0661. The number of aromatic amines is 1. The SMILES string of the molecule is O=c1cc([C@@H]2CC(F)(F)CC[C@H]2CC2CCC(F)(F)CC2)[nH]c2ccncc12. The Morgan fingerprint density at radius 2 is 1.79 bits per heavy atom. The van der Waals surface area contributed by atoms with Crippen LogP contribution >= 0.6 is 0 Å². The topological polar surface area (TPSA) is 45.8 Å². The molecule has 0 unspecified atom stereocenters. The zero-order valence-corrected chi connectivity index (χ0v) is 15.6. The smallest absolute Gasteiger partial charge is 0.248 e. The Bertz CT molecular complexity index is 901. The highest BCUT2D eigenvalue weighted by atomic mass is 19.3. The van der Waals surface area contributed by atoms with Crippen LogP contribution in [0.2, 0.25) is 0 Å². The van der Waals surface area contributed by atoms with Gasteiger partial charge >= 0.3 is 0 Å². The van der Waals surface area contributed by atoms with E-state index in [1.54, 1.807) is 12.3 Å². The van der Waals surface area contributed by atoms with E-state index in [9.17, 15) is 22.4 Å². The third-order valence-electron chi connectivity index (χ3n) is 6.49. The molecule has 7 heteroatoms. The Morgan fingerprint density at radius 1 is 1.07 bits per heavy atom. The van der Waals surface area contributed by atoms with Gasteiger partial charge in [-0.25, -0.2) is 17.6 Å². The molecule has 2 fully saturated rings. The first-order chi connectivity index (χ1) is 13.2. The summed E-state index contributed by atoms with van der Waals surface area (Å²) in [5.41, 5.74) is 0.874. The monoisotopic (exact) mass is 396 g/mol. The van der Waals surface area contributed by atoms with Crippen molar-refractivity contribution in [2.45, 2.75) is 69.1 Å². The van der Waals surface area contributed by atoms with Crippen molar-refractivity contribution in [1.82, 2.24) is 9.97 Å². The van der Waals surface area contributed by atoms with Gasteiger partial charge in [0.25, 0.3) is 0 Å². The fourth-order valence-corrected chi connectivity index (χ4v) is 4.91. The van der Waals surface area contributed by atoms with Gasteiger partial charge in [-0.15, -0.1) is 0 Å². The normalized spacial score (nSPS) is 27.7. The molecule has 2 aliphatic carbocycles. The maximum atomic E-state index is 14.2. The maximum absolute atomic E-state index is 14.2. The van der Waals surface area contributed by atoms with Crippen LogP contribution < -0.4 is 5.43 Å². The molecule has 28 heavy (non-hydrogen) atoms. The van der Waals surface area contributed by atoms with Crippen LogP contribution in [0.4, 0.5) is 17.6 Å². The molecule has 2 aromatic heterocycles. The number of pyridine rings is 2. The Balaban J connectivity index is 1.60. The van der Waals surface area contributed by atoms with Crippen LogP contribution in [0.5, 0.6) is 0 Å². The zero-order valence-electron chi connectivity index (χ0n) is 15.6. The Kier molecular flexibility index (Phi) is 4.96. The van der Waals surface area contributed by atoms with E-state index < -0.39 is 17.8 Å². The van der Waals surface area contributed by atoms with E-state index in [4.69, 9.17) is 0 Å². The standard InChI is InChI=1S/C21H24F4N2O/c22-20(23)5-1-13(2-6-20)9-14-3-7-21(24,25)11-15(14)18-10-19(28)16-12-26-8-4-17(16)27-18/h4,8,10,12-15H,1-3,5-7,9,11H2,(H,27,28)/t14-,15+/m0/s1. The average Bonchev–Trinajstić information content (AvgIpc) is 2.64. The predicted octanol–water partition coefficient (Wildman–Crippen LogP) is 5.66. The van der Waals surface area contributed by atoms with E-state index in [0.29, 0.717) is 42.3 Å². The number of halogens is 4. The molecule has 2 atom stereocenters. The number of H-pyrrole nitrogens is 1. The van der Waals surface area contributed by atoms with E-state index in [0.717, 1.165) is 0 Å². The summed E-state index contributed by atoms with van der Waals surface area (Å²) < 4.78 is 55.3. The van der Waals surface area contributed by atoms with Crippen LogP contribution in [0.25, 0.3) is 10.9 Å². The minimum atomic E-state index is -2.77. The van der Waals surface area contributed by atoms with Gasteiger partial charge in [-0.1, -0.05) is 0 Å². The summed E-state index contributed by atoms with van der Waals surface area (Å²) in [6, 6.07) is 3.08. The van der Waals surface area contributed by atoms with Gasteiger partial charge in [0, 0.05) is 55.8 Å². The second-order valence-electron chi connectivity index (χ2n) is 8.51. The summed E-state index contributed by atoms with van der Waals surface area (Å²) >= 11 is 0. The Morgan fingerprint density at radius 3 is 2.54 bits per heavy atom. The van der Waals surface area contributed by atoms with Crippen LogP contribution in [0.1, 0.15) is 63.0 Å². The molecule has 2 saturated carbocycles. The van der Waals surface area contributed by atoms with Crippen molar-refractivity contribution in [2.24, 2.45) is 11.8 Å². The highest BCUT2D eigenvalue weighted by Crippen LogP contribution is 2.49. The van der Waals surface area contributed by atoms with Gasteiger partial charge in [0.1, 0.15) is 0 Å². The molecule has 0 amide bonds. The van der Waals surface area contributed by atoms with Crippen molar-refractivity contribution < 1.29 is 17.6 Å². The average molecular weight is 396 g/mol. The lowest BCUT2D eigenvalue weighted by Crippen LogP contribution is -2.34. The number of aromatic nitrogens is 2. The summed E-state index contributed by atoms with van der Waals surface area (Å²) in [6.07, 6.45) is 4.17. The van der Waals surface area contributed by atoms with Crippen LogP contribution in [0.3, 0.4) is 0 Å². The van der Waals surface area contributed by atoms with Gasteiger partial charge in [-0.2, -0.15) is 0 Å². The molecule has 2 aliphatic rings. The maximum Gasteiger partial charge on any atom is 0.248 e. The fourth-order valence-electron chi connectivity index (χ4n) is 4.91. The number of nitrogens with zero attached hydrogens (tertiary/aromatic N) is 1. The van der Waals surface area contributed by atoms with E-state index in [1.807, 2.05) is 0 Å². The van der Waals surface area contributed by atoms with Gasteiger partial charge in [0.05, 0.1) is 10.9 Å². The summed E-state index contributed by atoms with van der Waals surface area (Å²) in [5.74, 6) is -5.74. The van der Waals surface area contributed by atoms with E-state index in [2.05, 4.69) is 9.97 Å². The van der Waals surface area contributed by atoms with Crippen LogP contribution in [0, 0.1) is 11.8 Å². The minimum Gasteiger partial charge on any atom is -0.358 e. The quantitative estimate of drug-likeness (QED) is 0.681. The number of alkyl halides is 4. The van der Waals surface area contributed by atoms with Crippen molar-refractivity contribution in [1.29, 1.82) is 0 Å². The molecule has 2 aromatic rings. The largest absolute Gasteiger partial charge is 0.358 e. The molecule has 0 aromatic carbocycles. The Hall–Kier alpha value is -1.92. The summed E-state index contributed by atoms with van der Waals surface area (Å²) in [4.78, 5) is 19.5. The number of nitrogens with one attached hydrogen (secondary N) is 1. The van der Waals surface area contributed by atoms with Gasteiger partial charge in [-0.3, -0.25) is 9.78 Å². The Labute approximate surface area is 160 Å². The third-order valence-corrected chi connectivity index (χ3v) is 6.49. The first kappa shape index (κ1) is 19.4. The van der Waals surface area contributed by atoms with Crippen molar-refractivity contribution in [3.63, 3.8) is 0 Å². The third kappa shape index (κ3) is 4.08. The van der Waals surface area contributed by atoms with Gasteiger partial charge in [0.15, 0.2) is 5.43 Å². The minimum absolute atomic E-state index is 0.0358. The first-order valence-corrected chi connectivity index (χ1v) is 9.95. The van der Waals surface area contributed by atoms with Crippen LogP contribution in [0.15, 0.2) is 29.3 Å². The highest BCUT2D eigenvalue weighted by molar-refractivity contribution is 5.77. The van der Waals surface area contributed by atoms with E-state index in [-0.39, 0.29) is 42.9 Å². The molecule has 0 bridgehead atoms. The molecule has 0 aliphatic heterocycles. The summed E-state index contributed by atoms with van der Waals surface area (Å²) in [5, 5.41) is 0.430. The molecule has 2 heterocycles. The summed E-state index contributed by atoms with van der Waals surface area (Å²) in [7, 11) is 0. The molecular formula is C21H24F4N2O. The second kappa shape index (κ2) is 7.16. The van der Waals surface area contributed by atoms with E-state index in [1.165, 1.54) is 12.3 Å². The van der Waals surface area contributed by atoms with Crippen molar-refractivity contribution >= 4 is 10.9 Å². The molecular weight excluding hydrogens is 372 g/mol. The zero-order chi connectivity index (χ0) is 19.9. The summed E-state index contributed by atoms with van der Waals surface area (Å²) in [6.45, 7) is 0. The fraction of sp³-hybridized carbons (Fsp3) is 0.619. The number of hydrogen-bond acceptors (Lipinski definition) is 2. The van der Waals surface area contributed by atoms with Gasteiger partial charge < -0.3 is 4.98 Å². The molecule has 4 rings (SSSR count). The molecule has 0 spiro atoms. The molecule has 0 radical (unpaired) electrons. The first-order valence-electron chi connectivity index (χ1n) is 9.95. The lowest BCUT2D eigenvalue weighted by atomic mass is 9.69. The van der Waals surface area contributed by atoms with Crippen molar-refractivity contribution in [3.05, 3.63) is 40.4 Å². The second-order valence-corrected chi connectivity index (χ2v) is 8.51. The van der Waals surface area contributed by atoms with Crippen LogP contribution in [-0.4, -0.2) is 21.8 Å². The highest BCUT2D eigenvalue weighted by Gasteiger charge is 2.44. The number of hydrogen-bond donors (Lipinski definition) is 1. The number of fused-ring (bicyclic) bond motifs is 1. The van der Waals surface area contributed by atoms with Crippen molar-refractivity contribution in [3.8, 4) is 0 Å². The molecule has 3 nitrogen and oxygen atoms in total. The lowest BCUT2D eigenvalue weighted by Gasteiger charge is -2.39. The van der Waals surface area contributed by atoms with Gasteiger partial charge in [0.2, 0.25) is 11.8 Å². The van der Waals surface area contributed by atoms with Crippen molar-refractivity contribution in [2.75, 3.05) is 0 Å². The molecule has 0 saturated heterocycles.